The van der Waals surface area contributed by atoms with Gasteiger partial charge in [-0.25, -0.2) is 0 Å². The molecule has 0 unspecified atom stereocenters. The minimum Gasteiger partial charge on any atom is -0.490 e. The van der Waals surface area contributed by atoms with Crippen LogP contribution in [-0.4, -0.2) is 29.6 Å². The molecular weight excluding hydrogens is 554 g/mol. The van der Waals surface area contributed by atoms with Crippen molar-refractivity contribution >= 4 is 39.1 Å². The Morgan fingerprint density at radius 2 is 1.62 bits per heavy atom. The molecule has 0 aromatic heterocycles. The first kappa shape index (κ1) is 26.1. The van der Waals surface area contributed by atoms with Crippen LogP contribution in [0.4, 0.5) is 0 Å². The van der Waals surface area contributed by atoms with Gasteiger partial charge in [0, 0.05) is 52.9 Å². The lowest BCUT2D eigenvalue weighted by atomic mass is 9.71. The molecule has 1 heterocycles. The number of hydrogen-bond acceptors (Lipinski definition) is 5. The van der Waals surface area contributed by atoms with Crippen LogP contribution >= 0.6 is 27.5 Å². The van der Waals surface area contributed by atoms with Crippen LogP contribution in [0.15, 0.2) is 63.4 Å². The third kappa shape index (κ3) is 4.98. The van der Waals surface area contributed by atoms with Crippen molar-refractivity contribution in [3.05, 3.63) is 79.6 Å². The number of hydrogen-bond donors (Lipinski definition) is 0. The molecule has 194 valence electrons. The third-order valence-electron chi connectivity index (χ3n) is 7.34. The highest BCUT2D eigenvalue weighted by Gasteiger charge is 2.43. The van der Waals surface area contributed by atoms with Crippen LogP contribution in [-0.2, 0) is 16.2 Å². The number of benzene rings is 2. The Kier molecular flexibility index (Phi) is 7.77. The molecule has 5 rings (SSSR count). The minimum absolute atomic E-state index is 0.144. The number of ketones is 2. The number of rotatable bonds is 7. The fourth-order valence-electron chi connectivity index (χ4n) is 5.87. The Labute approximate surface area is 231 Å². The molecule has 2 aromatic rings. The van der Waals surface area contributed by atoms with Crippen LogP contribution in [0.3, 0.4) is 0 Å². The number of carbonyl (C=O) groups is 2. The molecule has 7 heteroatoms. The number of ether oxygens (including phenoxy) is 2. The van der Waals surface area contributed by atoms with Crippen molar-refractivity contribution < 1.29 is 19.1 Å². The van der Waals surface area contributed by atoms with E-state index in [0.29, 0.717) is 42.6 Å². The summed E-state index contributed by atoms with van der Waals surface area (Å²) in [6.45, 7) is 5.57. The van der Waals surface area contributed by atoms with E-state index in [-0.39, 0.29) is 17.5 Å². The molecule has 0 fully saturated rings. The van der Waals surface area contributed by atoms with Gasteiger partial charge in [0.2, 0.25) is 0 Å². The molecule has 2 aliphatic carbocycles. The van der Waals surface area contributed by atoms with Crippen molar-refractivity contribution in [3.8, 4) is 11.5 Å². The fourth-order valence-corrected chi connectivity index (χ4v) is 6.66. The zero-order chi connectivity index (χ0) is 26.1. The molecule has 0 spiro atoms. The van der Waals surface area contributed by atoms with E-state index >= 15 is 0 Å². The maximum Gasteiger partial charge on any atom is 0.175 e. The fraction of sp³-hybridized carbons (Fsp3) is 0.400. The average Bonchev–Trinajstić information content (AvgIpc) is 2.87. The first-order valence-corrected chi connectivity index (χ1v) is 14.2. The van der Waals surface area contributed by atoms with Gasteiger partial charge in [0.1, 0.15) is 6.61 Å². The van der Waals surface area contributed by atoms with E-state index < -0.39 is 0 Å². The number of carbonyl (C=O) groups excluding carboxylic acids is 2. The van der Waals surface area contributed by atoms with Crippen molar-refractivity contribution in [1.29, 1.82) is 0 Å². The minimum atomic E-state index is -0.383. The van der Waals surface area contributed by atoms with E-state index in [9.17, 15) is 9.59 Å². The molecule has 37 heavy (non-hydrogen) atoms. The molecular formula is C30H31BrClNO4. The summed E-state index contributed by atoms with van der Waals surface area (Å²) in [5.41, 5.74) is 5.57. The van der Waals surface area contributed by atoms with Crippen molar-refractivity contribution in [1.82, 2.24) is 4.90 Å². The maximum atomic E-state index is 13.4. The summed E-state index contributed by atoms with van der Waals surface area (Å²) in [6.07, 6.45) is 4.45. The average molecular weight is 585 g/mol. The molecule has 0 amide bonds. The van der Waals surface area contributed by atoms with Gasteiger partial charge in [-0.05, 0) is 90.9 Å². The lowest BCUT2D eigenvalue weighted by Crippen LogP contribution is -2.39. The highest BCUT2D eigenvalue weighted by Crippen LogP contribution is 2.51. The van der Waals surface area contributed by atoms with E-state index in [4.69, 9.17) is 21.1 Å². The van der Waals surface area contributed by atoms with Gasteiger partial charge in [0.05, 0.1) is 11.1 Å². The first-order valence-electron chi connectivity index (χ1n) is 13.1. The summed E-state index contributed by atoms with van der Waals surface area (Å²) in [4.78, 5) is 29.1. The second-order valence-corrected chi connectivity index (χ2v) is 10.9. The standard InChI is InChI=1S/C30H31BrClNO4/c1-3-33-22-10-6-12-24(34)28(22)27(29-23(33)11-7-13-25(29)35)19-15-21(31)30(26(16-19)36-4-2)37-17-18-8-5-9-20(32)14-18/h5,8-9,14-16,27H,3-4,6-7,10-13,17H2,1-2H3. The zero-order valence-corrected chi connectivity index (χ0v) is 23.6. The quantitative estimate of drug-likeness (QED) is 0.337. The van der Waals surface area contributed by atoms with Crippen molar-refractivity contribution in [2.75, 3.05) is 13.2 Å². The maximum absolute atomic E-state index is 13.4. The summed E-state index contributed by atoms with van der Waals surface area (Å²) in [5, 5.41) is 0.654. The smallest absolute Gasteiger partial charge is 0.175 e. The lowest BCUT2D eigenvalue weighted by molar-refractivity contribution is -0.117. The molecule has 1 aliphatic heterocycles. The van der Waals surface area contributed by atoms with Crippen molar-refractivity contribution in [2.45, 2.75) is 64.9 Å². The van der Waals surface area contributed by atoms with Crippen molar-refractivity contribution in [3.63, 3.8) is 0 Å². The first-order chi connectivity index (χ1) is 17.9. The predicted molar refractivity (Wildman–Crippen MR) is 148 cm³/mol. The van der Waals surface area contributed by atoms with Gasteiger partial charge in [0.15, 0.2) is 23.1 Å². The number of Topliss-reactive ketones (excluding diaryl/α,β-unsaturated/α-hetero) is 2. The number of nitrogens with zero attached hydrogens (tertiary/aromatic N) is 1. The van der Waals surface area contributed by atoms with Gasteiger partial charge >= 0.3 is 0 Å². The van der Waals surface area contributed by atoms with Gasteiger partial charge in [0.25, 0.3) is 0 Å². The summed E-state index contributed by atoms with van der Waals surface area (Å²) in [5.74, 6) is 1.08. The summed E-state index contributed by atoms with van der Waals surface area (Å²) in [7, 11) is 0. The Bertz CT molecular complexity index is 1270. The molecule has 2 aromatic carbocycles. The zero-order valence-electron chi connectivity index (χ0n) is 21.2. The van der Waals surface area contributed by atoms with Gasteiger partial charge in [-0.2, -0.15) is 0 Å². The van der Waals surface area contributed by atoms with Gasteiger partial charge in [-0.3, -0.25) is 9.59 Å². The second kappa shape index (κ2) is 11.0. The van der Waals surface area contributed by atoms with Crippen LogP contribution in [0, 0.1) is 0 Å². The van der Waals surface area contributed by atoms with E-state index in [2.05, 4.69) is 27.8 Å². The monoisotopic (exact) mass is 583 g/mol. The Hall–Kier alpha value is -2.57. The second-order valence-electron chi connectivity index (χ2n) is 9.63. The predicted octanol–water partition coefficient (Wildman–Crippen LogP) is 7.51. The molecule has 0 saturated heterocycles. The SMILES string of the molecule is CCOc1cc(C2C3=C(CCCC3=O)N(CC)C3=C2C(=O)CCC3)cc(Br)c1OCc1cccc(Cl)c1. The Morgan fingerprint density at radius 3 is 2.22 bits per heavy atom. The van der Waals surface area contributed by atoms with Crippen molar-refractivity contribution in [2.24, 2.45) is 0 Å². The van der Waals surface area contributed by atoms with Crippen LogP contribution in [0.5, 0.6) is 11.5 Å². The molecule has 0 saturated carbocycles. The lowest BCUT2D eigenvalue weighted by Gasteiger charge is -2.43. The van der Waals surface area contributed by atoms with Crippen LogP contribution < -0.4 is 9.47 Å². The molecule has 0 bridgehead atoms. The molecule has 0 radical (unpaired) electrons. The Morgan fingerprint density at radius 1 is 0.946 bits per heavy atom. The third-order valence-corrected chi connectivity index (χ3v) is 8.16. The topological polar surface area (TPSA) is 55.8 Å². The number of allylic oxidation sites excluding steroid dienone is 4. The van der Waals surface area contributed by atoms with Gasteiger partial charge in [-0.15, -0.1) is 0 Å². The van der Waals surface area contributed by atoms with Gasteiger partial charge in [-0.1, -0.05) is 23.7 Å². The normalized spacial score (nSPS) is 18.2. The highest BCUT2D eigenvalue weighted by molar-refractivity contribution is 9.10. The molecule has 3 aliphatic rings. The highest BCUT2D eigenvalue weighted by atomic mass is 79.9. The van der Waals surface area contributed by atoms with E-state index in [1.807, 2.05) is 43.3 Å². The van der Waals surface area contributed by atoms with E-state index in [0.717, 1.165) is 70.4 Å². The van der Waals surface area contributed by atoms with Crippen LogP contribution in [0.2, 0.25) is 5.02 Å². The molecule has 0 atom stereocenters. The number of halogens is 2. The molecule has 0 N–H and O–H groups in total. The summed E-state index contributed by atoms with van der Waals surface area (Å²) in [6, 6.07) is 11.5. The van der Waals surface area contributed by atoms with Gasteiger partial charge < -0.3 is 14.4 Å². The van der Waals surface area contributed by atoms with E-state index in [1.165, 1.54) is 0 Å². The van der Waals surface area contributed by atoms with Crippen LogP contribution in [0.1, 0.15) is 69.4 Å². The molecule has 5 nitrogen and oxygen atoms in total. The summed E-state index contributed by atoms with van der Waals surface area (Å²) < 4.78 is 13.0. The largest absolute Gasteiger partial charge is 0.490 e. The Balaban J connectivity index is 1.61. The summed E-state index contributed by atoms with van der Waals surface area (Å²) >= 11 is 9.86. The van der Waals surface area contributed by atoms with E-state index in [1.54, 1.807) is 0 Å². The van der Waals surface area contributed by atoms with Crippen LogP contribution in [0.25, 0.3) is 0 Å².